The van der Waals surface area contributed by atoms with E-state index in [4.69, 9.17) is 19.9 Å². The molecule has 9 rings (SSSR count). The number of hydrogen-bond donors (Lipinski definition) is 0. The lowest BCUT2D eigenvalue weighted by Crippen LogP contribution is -2.07. The lowest BCUT2D eigenvalue weighted by Gasteiger charge is -2.13. The zero-order chi connectivity index (χ0) is 29.0. The number of para-hydroxylation sites is 2. The summed E-state index contributed by atoms with van der Waals surface area (Å²) >= 11 is 0. The minimum Gasteiger partial charge on any atom is -0.304 e. The molecule has 0 spiro atoms. The minimum absolute atomic E-state index is 0.548. The van der Waals surface area contributed by atoms with E-state index in [1.165, 1.54) is 0 Å². The van der Waals surface area contributed by atoms with Gasteiger partial charge < -0.3 is 4.57 Å². The molecule has 4 heterocycles. The fourth-order valence-electron chi connectivity index (χ4n) is 6.22. The van der Waals surface area contributed by atoms with Crippen LogP contribution in [-0.2, 0) is 0 Å². The van der Waals surface area contributed by atoms with Gasteiger partial charge in [0.15, 0.2) is 11.6 Å². The average molecular weight is 566 g/mol. The summed E-state index contributed by atoms with van der Waals surface area (Å²) in [6.07, 6.45) is 3.50. The van der Waals surface area contributed by atoms with Crippen LogP contribution in [0.15, 0.2) is 140 Å². The fourth-order valence-corrected chi connectivity index (χ4v) is 6.22. The second-order valence-electron chi connectivity index (χ2n) is 10.7. The van der Waals surface area contributed by atoms with Gasteiger partial charge in [-0.25, -0.2) is 15.0 Å². The molecular formula is C37H23N7. The molecule has 0 N–H and O–H groups in total. The van der Waals surface area contributed by atoms with Crippen LogP contribution >= 0.6 is 0 Å². The zero-order valence-electron chi connectivity index (χ0n) is 23.4. The quantitative estimate of drug-likeness (QED) is 0.215. The van der Waals surface area contributed by atoms with Crippen LogP contribution in [0, 0.1) is 0 Å². The summed E-state index contributed by atoms with van der Waals surface area (Å²) in [5.74, 6) is 1.77. The Morgan fingerprint density at radius 1 is 0.455 bits per heavy atom. The molecule has 7 nitrogen and oxygen atoms in total. The topological polar surface area (TPSA) is 74.3 Å². The third kappa shape index (κ3) is 3.66. The second kappa shape index (κ2) is 9.68. The molecule has 0 radical (unpaired) electrons. The van der Waals surface area contributed by atoms with Gasteiger partial charge in [-0.15, -0.1) is 0 Å². The van der Waals surface area contributed by atoms with Crippen LogP contribution in [0.2, 0.25) is 0 Å². The largest absolute Gasteiger partial charge is 0.304 e. The van der Waals surface area contributed by atoms with E-state index < -0.39 is 0 Å². The fraction of sp³-hybridized carbons (Fsp3) is 0. The molecule has 0 atom stereocenters. The smallest absolute Gasteiger partial charge is 0.238 e. The number of hydrogen-bond acceptors (Lipinski definition) is 5. The molecule has 0 aliphatic rings. The Labute approximate surface area is 251 Å². The molecule has 0 aliphatic heterocycles. The maximum atomic E-state index is 5.14. The molecule has 0 aliphatic carbocycles. The Balaban J connectivity index is 1.48. The van der Waals surface area contributed by atoms with Crippen LogP contribution in [-0.4, -0.2) is 34.1 Å². The first kappa shape index (κ1) is 24.4. The van der Waals surface area contributed by atoms with E-state index in [9.17, 15) is 0 Å². The molecule has 0 fully saturated rings. The van der Waals surface area contributed by atoms with Gasteiger partial charge in [0.2, 0.25) is 5.95 Å². The molecule has 44 heavy (non-hydrogen) atoms. The average Bonchev–Trinajstić information content (AvgIpc) is 3.62. The highest BCUT2D eigenvalue weighted by atomic mass is 15.2. The Morgan fingerprint density at radius 3 is 1.75 bits per heavy atom. The lowest BCUT2D eigenvalue weighted by molar-refractivity contribution is 0.953. The van der Waals surface area contributed by atoms with Crippen LogP contribution in [0.3, 0.4) is 0 Å². The van der Waals surface area contributed by atoms with Crippen molar-refractivity contribution < 1.29 is 0 Å². The maximum Gasteiger partial charge on any atom is 0.238 e. The highest BCUT2D eigenvalue weighted by molar-refractivity contribution is 6.22. The Morgan fingerprint density at radius 2 is 1.05 bits per heavy atom. The summed E-state index contributed by atoms with van der Waals surface area (Å²) in [6, 6.07) is 43.3. The monoisotopic (exact) mass is 565 g/mol. The molecule has 0 unspecified atom stereocenters. The predicted octanol–water partition coefficient (Wildman–Crippen LogP) is 8.19. The number of rotatable bonds is 4. The van der Waals surface area contributed by atoms with Crippen LogP contribution in [0.1, 0.15) is 0 Å². The standard InChI is InChI=1S/C37H23N7/c1-4-12-24(13-5-1)35-40-36(25-14-6-2-7-15-25)42-37(41-35)44-30-19-11-10-18-27(30)28-20-21-29-32-31(22-38-23-39-32)43(34(29)33(28)44)26-16-8-3-9-17-26/h1-23H. The van der Waals surface area contributed by atoms with Crippen molar-refractivity contribution in [2.75, 3.05) is 0 Å². The maximum absolute atomic E-state index is 5.14. The first-order valence-electron chi connectivity index (χ1n) is 14.4. The van der Waals surface area contributed by atoms with Crippen molar-refractivity contribution >= 4 is 43.7 Å². The van der Waals surface area contributed by atoms with E-state index >= 15 is 0 Å². The molecule has 206 valence electrons. The Kier molecular flexibility index (Phi) is 5.36. The molecular weight excluding hydrogens is 542 g/mol. The van der Waals surface area contributed by atoms with Gasteiger partial charge in [0.05, 0.1) is 33.8 Å². The van der Waals surface area contributed by atoms with Crippen molar-refractivity contribution in [3.05, 3.63) is 140 Å². The zero-order valence-corrected chi connectivity index (χ0v) is 23.4. The number of fused-ring (bicyclic) bond motifs is 7. The SMILES string of the molecule is c1ccc(-c2nc(-c3ccccc3)nc(-n3c4ccccc4c4ccc5c6ncncc6n(-c6ccccc6)c5c43)n2)cc1. The first-order chi connectivity index (χ1) is 21.8. The van der Waals surface area contributed by atoms with Crippen molar-refractivity contribution in [3.8, 4) is 34.4 Å². The molecule has 5 aromatic carbocycles. The van der Waals surface area contributed by atoms with E-state index in [1.54, 1.807) is 6.33 Å². The molecule has 4 aromatic heterocycles. The van der Waals surface area contributed by atoms with Gasteiger partial charge in [0.25, 0.3) is 0 Å². The van der Waals surface area contributed by atoms with Gasteiger partial charge in [0.1, 0.15) is 6.33 Å². The highest BCUT2D eigenvalue weighted by Crippen LogP contribution is 2.40. The normalized spacial score (nSPS) is 11.6. The van der Waals surface area contributed by atoms with Gasteiger partial charge in [-0.3, -0.25) is 4.57 Å². The second-order valence-corrected chi connectivity index (χ2v) is 10.7. The van der Waals surface area contributed by atoms with E-state index in [2.05, 4.69) is 74.8 Å². The summed E-state index contributed by atoms with van der Waals surface area (Å²) in [6.45, 7) is 0. The van der Waals surface area contributed by atoms with Crippen LogP contribution in [0.25, 0.3) is 78.2 Å². The van der Waals surface area contributed by atoms with E-state index in [1.807, 2.05) is 72.9 Å². The van der Waals surface area contributed by atoms with E-state index in [-0.39, 0.29) is 0 Å². The number of aromatic nitrogens is 7. The summed E-state index contributed by atoms with van der Waals surface area (Å²) in [7, 11) is 0. The van der Waals surface area contributed by atoms with Crippen molar-refractivity contribution in [1.29, 1.82) is 0 Å². The molecule has 9 aromatic rings. The van der Waals surface area contributed by atoms with Gasteiger partial charge >= 0.3 is 0 Å². The molecule has 0 saturated heterocycles. The molecule has 7 heteroatoms. The predicted molar refractivity (Wildman–Crippen MR) is 175 cm³/mol. The van der Waals surface area contributed by atoms with Crippen molar-refractivity contribution in [2.24, 2.45) is 0 Å². The summed E-state index contributed by atoms with van der Waals surface area (Å²) < 4.78 is 4.43. The third-order valence-corrected chi connectivity index (χ3v) is 8.12. The van der Waals surface area contributed by atoms with Crippen LogP contribution in [0.5, 0.6) is 0 Å². The van der Waals surface area contributed by atoms with Gasteiger partial charge in [-0.2, -0.15) is 9.97 Å². The Hall–Kier alpha value is -6.21. The van der Waals surface area contributed by atoms with Crippen molar-refractivity contribution in [1.82, 2.24) is 34.1 Å². The van der Waals surface area contributed by atoms with Gasteiger partial charge in [-0.05, 0) is 24.3 Å². The summed E-state index contributed by atoms with van der Waals surface area (Å²) in [5.41, 5.74) is 7.72. The molecule has 0 amide bonds. The van der Waals surface area contributed by atoms with Crippen molar-refractivity contribution in [3.63, 3.8) is 0 Å². The summed E-state index contributed by atoms with van der Waals surface area (Å²) in [5, 5.41) is 3.25. The van der Waals surface area contributed by atoms with Crippen molar-refractivity contribution in [2.45, 2.75) is 0 Å². The van der Waals surface area contributed by atoms with Gasteiger partial charge in [0, 0.05) is 33.0 Å². The third-order valence-electron chi connectivity index (χ3n) is 8.12. The number of nitrogens with zero attached hydrogens (tertiary/aromatic N) is 7. The first-order valence-corrected chi connectivity index (χ1v) is 14.4. The van der Waals surface area contributed by atoms with Crippen LogP contribution in [0.4, 0.5) is 0 Å². The Bertz CT molecular complexity index is 2420. The summed E-state index contributed by atoms with van der Waals surface area (Å²) in [4.78, 5) is 24.4. The van der Waals surface area contributed by atoms with E-state index in [0.717, 1.165) is 60.6 Å². The van der Waals surface area contributed by atoms with Crippen LogP contribution < -0.4 is 0 Å². The van der Waals surface area contributed by atoms with E-state index in [0.29, 0.717) is 17.6 Å². The minimum atomic E-state index is 0.548. The lowest BCUT2D eigenvalue weighted by atomic mass is 10.1. The number of benzene rings is 5. The molecule has 0 bridgehead atoms. The van der Waals surface area contributed by atoms with Gasteiger partial charge in [-0.1, -0.05) is 103 Å². The highest BCUT2D eigenvalue weighted by Gasteiger charge is 2.23. The molecule has 0 saturated carbocycles.